The number of esters is 1. The third kappa shape index (κ3) is 3.75. The molecule has 0 atom stereocenters. The van der Waals surface area contributed by atoms with Crippen LogP contribution in [0.2, 0.25) is 0 Å². The Kier molecular flexibility index (Phi) is 4.45. The highest BCUT2D eigenvalue weighted by Gasteiger charge is 2.09. The number of aryl methyl sites for hydroxylation is 1. The van der Waals surface area contributed by atoms with Crippen LogP contribution in [0.3, 0.4) is 0 Å². The molecule has 0 fully saturated rings. The summed E-state index contributed by atoms with van der Waals surface area (Å²) in [6, 6.07) is 4.45. The summed E-state index contributed by atoms with van der Waals surface area (Å²) in [4.78, 5) is 21.2. The standard InChI is InChI=1S/C11H14N2O4/c1-3-17-11(14)7-12-10-6-9(13(15)16)5-4-8(10)2/h4-6,12H,3,7H2,1-2H3. The van der Waals surface area contributed by atoms with Crippen molar-refractivity contribution < 1.29 is 14.5 Å². The van der Waals surface area contributed by atoms with Gasteiger partial charge in [-0.1, -0.05) is 6.07 Å². The maximum atomic E-state index is 11.1. The number of nitrogens with zero attached hydrogens (tertiary/aromatic N) is 1. The first kappa shape index (κ1) is 13.0. The third-order valence-corrected chi connectivity index (χ3v) is 2.16. The summed E-state index contributed by atoms with van der Waals surface area (Å²) in [5, 5.41) is 13.4. The first-order valence-electron chi connectivity index (χ1n) is 5.19. The normalized spacial score (nSPS) is 9.76. The van der Waals surface area contributed by atoms with E-state index < -0.39 is 10.9 Å². The SMILES string of the molecule is CCOC(=O)CNc1cc([N+](=O)[O-])ccc1C. The van der Waals surface area contributed by atoms with Crippen LogP contribution in [-0.4, -0.2) is 24.0 Å². The molecule has 0 radical (unpaired) electrons. The molecule has 0 spiro atoms. The molecular formula is C11H14N2O4. The number of carbonyl (C=O) groups excluding carboxylic acids is 1. The summed E-state index contributed by atoms with van der Waals surface area (Å²) in [6.07, 6.45) is 0. The van der Waals surface area contributed by atoms with E-state index in [1.807, 2.05) is 0 Å². The molecule has 0 heterocycles. The Morgan fingerprint density at radius 3 is 2.82 bits per heavy atom. The number of nitro groups is 1. The molecule has 0 bridgehead atoms. The number of anilines is 1. The summed E-state index contributed by atoms with van der Waals surface area (Å²) in [5.74, 6) is -0.390. The first-order chi connectivity index (χ1) is 8.04. The van der Waals surface area contributed by atoms with E-state index >= 15 is 0 Å². The molecule has 1 aromatic carbocycles. The van der Waals surface area contributed by atoms with Gasteiger partial charge >= 0.3 is 5.97 Å². The van der Waals surface area contributed by atoms with Gasteiger partial charge in [0.1, 0.15) is 6.54 Å². The molecule has 0 unspecified atom stereocenters. The van der Waals surface area contributed by atoms with E-state index in [4.69, 9.17) is 4.74 Å². The van der Waals surface area contributed by atoms with Crippen molar-refractivity contribution in [1.29, 1.82) is 0 Å². The van der Waals surface area contributed by atoms with Gasteiger partial charge in [-0.05, 0) is 19.4 Å². The Balaban J connectivity index is 2.73. The average Bonchev–Trinajstić information content (AvgIpc) is 2.28. The molecule has 1 N–H and O–H groups in total. The Hall–Kier alpha value is -2.11. The minimum Gasteiger partial charge on any atom is -0.465 e. The first-order valence-corrected chi connectivity index (χ1v) is 5.19. The molecule has 0 aliphatic carbocycles. The van der Waals surface area contributed by atoms with Gasteiger partial charge < -0.3 is 10.1 Å². The minimum atomic E-state index is -0.477. The lowest BCUT2D eigenvalue weighted by Crippen LogP contribution is -2.17. The van der Waals surface area contributed by atoms with Crippen LogP contribution >= 0.6 is 0 Å². The van der Waals surface area contributed by atoms with Gasteiger partial charge in [0.2, 0.25) is 0 Å². The van der Waals surface area contributed by atoms with Crippen LogP contribution < -0.4 is 5.32 Å². The van der Waals surface area contributed by atoms with Crippen LogP contribution in [0.25, 0.3) is 0 Å². The topological polar surface area (TPSA) is 81.5 Å². The van der Waals surface area contributed by atoms with Gasteiger partial charge in [0.05, 0.1) is 11.5 Å². The van der Waals surface area contributed by atoms with Crippen LogP contribution in [0.5, 0.6) is 0 Å². The number of hydrogen-bond donors (Lipinski definition) is 1. The highest BCUT2D eigenvalue weighted by atomic mass is 16.6. The number of nitrogens with one attached hydrogen (secondary N) is 1. The van der Waals surface area contributed by atoms with E-state index in [1.54, 1.807) is 19.9 Å². The fourth-order valence-electron chi connectivity index (χ4n) is 1.29. The number of benzene rings is 1. The molecule has 92 valence electrons. The van der Waals surface area contributed by atoms with E-state index in [9.17, 15) is 14.9 Å². The third-order valence-electron chi connectivity index (χ3n) is 2.16. The minimum absolute atomic E-state index is 0.00412. The number of nitro benzene ring substituents is 1. The van der Waals surface area contributed by atoms with Gasteiger partial charge in [0.15, 0.2) is 0 Å². The zero-order chi connectivity index (χ0) is 12.8. The fourth-order valence-corrected chi connectivity index (χ4v) is 1.29. The van der Waals surface area contributed by atoms with E-state index in [2.05, 4.69) is 5.32 Å². The predicted octanol–water partition coefficient (Wildman–Crippen LogP) is 1.88. The van der Waals surface area contributed by atoms with Crippen LogP contribution in [0.1, 0.15) is 12.5 Å². The Morgan fingerprint density at radius 1 is 1.53 bits per heavy atom. The van der Waals surface area contributed by atoms with Crippen LogP contribution in [-0.2, 0) is 9.53 Å². The molecule has 0 amide bonds. The van der Waals surface area contributed by atoms with Crippen molar-refractivity contribution in [2.75, 3.05) is 18.5 Å². The molecule has 0 aromatic heterocycles. The lowest BCUT2D eigenvalue weighted by Gasteiger charge is -2.08. The van der Waals surface area contributed by atoms with E-state index in [0.717, 1.165) is 5.56 Å². The second-order valence-electron chi connectivity index (χ2n) is 3.41. The maximum Gasteiger partial charge on any atom is 0.325 e. The van der Waals surface area contributed by atoms with Crippen molar-refractivity contribution >= 4 is 17.3 Å². The van der Waals surface area contributed by atoms with Crippen molar-refractivity contribution in [1.82, 2.24) is 0 Å². The molecule has 0 aliphatic heterocycles. The van der Waals surface area contributed by atoms with Gasteiger partial charge in [-0.25, -0.2) is 0 Å². The Bertz CT molecular complexity index is 431. The zero-order valence-electron chi connectivity index (χ0n) is 9.73. The average molecular weight is 238 g/mol. The molecule has 6 heteroatoms. The second kappa shape index (κ2) is 5.83. The van der Waals surface area contributed by atoms with Crippen molar-refractivity contribution in [3.8, 4) is 0 Å². The highest BCUT2D eigenvalue weighted by Crippen LogP contribution is 2.21. The van der Waals surface area contributed by atoms with Crippen molar-refractivity contribution in [2.24, 2.45) is 0 Å². The maximum absolute atomic E-state index is 11.1. The lowest BCUT2D eigenvalue weighted by atomic mass is 10.2. The number of ether oxygens (including phenoxy) is 1. The van der Waals surface area contributed by atoms with Crippen molar-refractivity contribution in [3.05, 3.63) is 33.9 Å². The van der Waals surface area contributed by atoms with Gasteiger partial charge in [0, 0.05) is 17.8 Å². The monoisotopic (exact) mass is 238 g/mol. The molecule has 1 rings (SSSR count). The van der Waals surface area contributed by atoms with Gasteiger partial charge in [-0.3, -0.25) is 14.9 Å². The summed E-state index contributed by atoms with van der Waals surface area (Å²) >= 11 is 0. The smallest absolute Gasteiger partial charge is 0.325 e. The molecular weight excluding hydrogens is 224 g/mol. The Labute approximate surface area is 98.7 Å². The zero-order valence-corrected chi connectivity index (χ0v) is 9.73. The second-order valence-corrected chi connectivity index (χ2v) is 3.41. The number of carbonyl (C=O) groups is 1. The molecule has 1 aromatic rings. The van der Waals surface area contributed by atoms with Crippen molar-refractivity contribution in [2.45, 2.75) is 13.8 Å². The van der Waals surface area contributed by atoms with Crippen LogP contribution in [0.15, 0.2) is 18.2 Å². The van der Waals surface area contributed by atoms with Gasteiger partial charge in [-0.2, -0.15) is 0 Å². The predicted molar refractivity (Wildman–Crippen MR) is 63.0 cm³/mol. The molecule has 17 heavy (non-hydrogen) atoms. The summed E-state index contributed by atoms with van der Waals surface area (Å²) < 4.78 is 4.75. The molecule has 0 saturated heterocycles. The lowest BCUT2D eigenvalue weighted by molar-refractivity contribution is -0.384. The van der Waals surface area contributed by atoms with E-state index in [0.29, 0.717) is 12.3 Å². The highest BCUT2D eigenvalue weighted by molar-refractivity contribution is 5.75. The number of non-ortho nitro benzene ring substituents is 1. The summed E-state index contributed by atoms with van der Waals surface area (Å²) in [5.41, 5.74) is 1.38. The summed E-state index contributed by atoms with van der Waals surface area (Å²) in [7, 11) is 0. The summed E-state index contributed by atoms with van der Waals surface area (Å²) in [6.45, 7) is 3.83. The van der Waals surface area contributed by atoms with Gasteiger partial charge in [-0.15, -0.1) is 0 Å². The van der Waals surface area contributed by atoms with E-state index in [-0.39, 0.29) is 12.2 Å². The largest absolute Gasteiger partial charge is 0.465 e. The molecule has 6 nitrogen and oxygen atoms in total. The Morgan fingerprint density at radius 2 is 2.24 bits per heavy atom. The quantitative estimate of drug-likeness (QED) is 0.481. The number of rotatable bonds is 5. The van der Waals surface area contributed by atoms with Crippen LogP contribution in [0.4, 0.5) is 11.4 Å². The number of hydrogen-bond acceptors (Lipinski definition) is 5. The molecule has 0 saturated carbocycles. The fraction of sp³-hybridized carbons (Fsp3) is 0.364. The van der Waals surface area contributed by atoms with Crippen LogP contribution in [0, 0.1) is 17.0 Å². The van der Waals surface area contributed by atoms with Gasteiger partial charge in [0.25, 0.3) is 5.69 Å². The van der Waals surface area contributed by atoms with Crippen molar-refractivity contribution in [3.63, 3.8) is 0 Å². The van der Waals surface area contributed by atoms with E-state index in [1.165, 1.54) is 12.1 Å². The molecule has 0 aliphatic rings.